The van der Waals surface area contributed by atoms with Crippen LogP contribution in [0, 0.1) is 6.92 Å². The monoisotopic (exact) mass is 427 g/mol. The van der Waals surface area contributed by atoms with E-state index in [1.807, 2.05) is 41.0 Å². The Bertz CT molecular complexity index is 827. The Kier molecular flexibility index (Phi) is 6.37. The highest BCUT2D eigenvalue weighted by atomic mass is 15.5. The van der Waals surface area contributed by atoms with Crippen LogP contribution in [0.1, 0.15) is 18.4 Å². The Hall–Kier alpha value is -2.73. The molecule has 3 heterocycles. The van der Waals surface area contributed by atoms with Crippen molar-refractivity contribution in [1.82, 2.24) is 15.0 Å². The van der Waals surface area contributed by atoms with Gasteiger partial charge in [0, 0.05) is 50.3 Å². The van der Waals surface area contributed by atoms with Crippen LogP contribution in [0.3, 0.4) is 0 Å². The maximum atomic E-state index is 6.20. The first-order valence-corrected chi connectivity index (χ1v) is 10.7. The molecule has 1 aromatic carbocycles. The third kappa shape index (κ3) is 5.31. The SMILES string of the molecule is Cc1ccccc1NNc1nc(N2C[C@H](N)C[C@H](N)C2)nc(N2C[C@H](N)C[C@H](N)C2)n1. The van der Waals surface area contributed by atoms with Gasteiger partial charge in [0.05, 0.1) is 5.69 Å². The van der Waals surface area contributed by atoms with E-state index in [9.17, 15) is 0 Å². The average molecular weight is 428 g/mol. The Morgan fingerprint density at radius 3 is 1.71 bits per heavy atom. The first kappa shape index (κ1) is 21.5. The Morgan fingerprint density at radius 1 is 0.742 bits per heavy atom. The average Bonchev–Trinajstić information content (AvgIpc) is 2.71. The zero-order valence-corrected chi connectivity index (χ0v) is 17.9. The Labute approximate surface area is 182 Å². The molecule has 11 heteroatoms. The summed E-state index contributed by atoms with van der Waals surface area (Å²) in [5.74, 6) is 1.48. The highest BCUT2D eigenvalue weighted by molar-refractivity contribution is 5.55. The zero-order chi connectivity index (χ0) is 22.0. The number of benzene rings is 1. The minimum absolute atomic E-state index is 0.0256. The van der Waals surface area contributed by atoms with Crippen molar-refractivity contribution in [2.75, 3.05) is 46.8 Å². The topological polar surface area (TPSA) is 173 Å². The molecule has 2 aromatic rings. The van der Waals surface area contributed by atoms with Gasteiger partial charge in [-0.15, -0.1) is 0 Å². The van der Waals surface area contributed by atoms with E-state index in [1.165, 1.54) is 0 Å². The van der Waals surface area contributed by atoms with Crippen LogP contribution >= 0.6 is 0 Å². The molecule has 11 nitrogen and oxygen atoms in total. The summed E-state index contributed by atoms with van der Waals surface area (Å²) in [6.45, 7) is 4.59. The van der Waals surface area contributed by atoms with Crippen molar-refractivity contribution >= 4 is 23.5 Å². The van der Waals surface area contributed by atoms with E-state index in [2.05, 4.69) is 20.8 Å². The number of aryl methyl sites for hydroxylation is 1. The van der Waals surface area contributed by atoms with E-state index in [4.69, 9.17) is 27.9 Å². The van der Waals surface area contributed by atoms with Crippen molar-refractivity contribution in [3.05, 3.63) is 29.8 Å². The fraction of sp³-hybridized carbons (Fsp3) is 0.550. The molecule has 0 saturated carbocycles. The van der Waals surface area contributed by atoms with Crippen LogP contribution in [-0.2, 0) is 0 Å². The molecule has 4 atom stereocenters. The minimum atomic E-state index is -0.0256. The summed E-state index contributed by atoms with van der Waals surface area (Å²) < 4.78 is 0. The third-order valence-electron chi connectivity index (χ3n) is 5.66. The fourth-order valence-electron chi connectivity index (χ4n) is 4.21. The lowest BCUT2D eigenvalue weighted by molar-refractivity contribution is 0.441. The van der Waals surface area contributed by atoms with E-state index in [1.54, 1.807) is 0 Å². The largest absolute Gasteiger partial charge is 0.338 e. The number of hydrogen-bond acceptors (Lipinski definition) is 11. The number of hydrazine groups is 1. The van der Waals surface area contributed by atoms with Gasteiger partial charge in [-0.3, -0.25) is 10.9 Å². The van der Waals surface area contributed by atoms with Crippen molar-refractivity contribution < 1.29 is 0 Å². The van der Waals surface area contributed by atoms with Gasteiger partial charge < -0.3 is 32.7 Å². The lowest BCUT2D eigenvalue weighted by Crippen LogP contribution is -2.54. The predicted molar refractivity (Wildman–Crippen MR) is 124 cm³/mol. The van der Waals surface area contributed by atoms with Crippen LogP contribution < -0.4 is 43.6 Å². The smallest absolute Gasteiger partial charge is 0.248 e. The third-order valence-corrected chi connectivity index (χ3v) is 5.66. The quantitative estimate of drug-likeness (QED) is 0.335. The van der Waals surface area contributed by atoms with Crippen molar-refractivity contribution in [1.29, 1.82) is 0 Å². The van der Waals surface area contributed by atoms with Crippen LogP contribution in [-0.4, -0.2) is 65.3 Å². The van der Waals surface area contributed by atoms with Gasteiger partial charge in [-0.2, -0.15) is 15.0 Å². The second-order valence-corrected chi connectivity index (χ2v) is 8.65. The van der Waals surface area contributed by atoms with Gasteiger partial charge >= 0.3 is 0 Å². The van der Waals surface area contributed by atoms with E-state index in [0.717, 1.165) is 24.1 Å². The van der Waals surface area contributed by atoms with Gasteiger partial charge in [0.1, 0.15) is 0 Å². The van der Waals surface area contributed by atoms with Crippen LogP contribution in [0.2, 0.25) is 0 Å². The van der Waals surface area contributed by atoms with Crippen molar-refractivity contribution in [2.24, 2.45) is 22.9 Å². The molecule has 0 spiro atoms. The summed E-state index contributed by atoms with van der Waals surface area (Å²) in [5, 5.41) is 0. The molecule has 0 aliphatic carbocycles. The predicted octanol–water partition coefficient (Wildman–Crippen LogP) is -0.652. The minimum Gasteiger partial charge on any atom is -0.338 e. The van der Waals surface area contributed by atoms with Crippen molar-refractivity contribution in [2.45, 2.75) is 43.9 Å². The normalized spacial score (nSPS) is 26.6. The fourth-order valence-corrected chi connectivity index (χ4v) is 4.21. The molecule has 168 valence electrons. The Balaban J connectivity index is 1.62. The van der Waals surface area contributed by atoms with Gasteiger partial charge in [0.25, 0.3) is 0 Å². The number of piperidine rings is 2. The van der Waals surface area contributed by atoms with Gasteiger partial charge in [-0.25, -0.2) is 0 Å². The molecule has 1 aromatic heterocycles. The number of nitrogens with two attached hydrogens (primary N) is 4. The van der Waals surface area contributed by atoms with E-state index in [-0.39, 0.29) is 24.2 Å². The molecule has 2 aliphatic heterocycles. The lowest BCUT2D eigenvalue weighted by atomic mass is 10.0. The maximum Gasteiger partial charge on any atom is 0.248 e. The summed E-state index contributed by atoms with van der Waals surface area (Å²) in [7, 11) is 0. The highest BCUT2D eigenvalue weighted by Gasteiger charge is 2.28. The molecule has 2 saturated heterocycles. The van der Waals surface area contributed by atoms with Crippen molar-refractivity contribution in [3.63, 3.8) is 0 Å². The molecule has 0 amide bonds. The number of nitrogens with zero attached hydrogens (tertiary/aromatic N) is 5. The maximum absolute atomic E-state index is 6.20. The second kappa shape index (κ2) is 9.18. The number of hydrogen-bond donors (Lipinski definition) is 6. The number of para-hydroxylation sites is 1. The Morgan fingerprint density at radius 2 is 1.23 bits per heavy atom. The van der Waals surface area contributed by atoms with Crippen LogP contribution in [0.4, 0.5) is 23.5 Å². The van der Waals surface area contributed by atoms with Gasteiger partial charge in [-0.1, -0.05) is 18.2 Å². The highest BCUT2D eigenvalue weighted by Crippen LogP contribution is 2.22. The molecule has 31 heavy (non-hydrogen) atoms. The molecular weight excluding hydrogens is 394 g/mol. The molecule has 10 N–H and O–H groups in total. The molecule has 0 bridgehead atoms. The number of nitrogens with one attached hydrogen (secondary N) is 2. The summed E-state index contributed by atoms with van der Waals surface area (Å²) in [4.78, 5) is 18.0. The molecule has 2 aliphatic rings. The molecule has 0 unspecified atom stereocenters. The summed E-state index contributed by atoms with van der Waals surface area (Å²) in [6, 6.07) is 7.87. The van der Waals surface area contributed by atoms with Crippen LogP contribution in [0.15, 0.2) is 24.3 Å². The number of aromatic nitrogens is 3. The summed E-state index contributed by atoms with van der Waals surface area (Å²) >= 11 is 0. The van der Waals surface area contributed by atoms with Gasteiger partial charge in [0.2, 0.25) is 17.8 Å². The van der Waals surface area contributed by atoms with E-state index >= 15 is 0 Å². The standard InChI is InChI=1S/C20H33N11/c1-12-4-2-3-5-17(12)28-29-18-25-19(30-8-13(21)6-14(22)9-30)27-20(26-18)31-10-15(23)7-16(24)11-31/h2-5,13-16,28H,6-11,21-24H2,1H3,(H,25,26,27,29)/t13-,14+,15-,16+. The van der Waals surface area contributed by atoms with Gasteiger partial charge in [0.15, 0.2) is 0 Å². The molecule has 4 rings (SSSR count). The second-order valence-electron chi connectivity index (χ2n) is 8.65. The van der Waals surface area contributed by atoms with Crippen molar-refractivity contribution in [3.8, 4) is 0 Å². The first-order chi connectivity index (χ1) is 14.9. The number of anilines is 4. The lowest BCUT2D eigenvalue weighted by Gasteiger charge is -2.37. The first-order valence-electron chi connectivity index (χ1n) is 10.7. The van der Waals surface area contributed by atoms with Gasteiger partial charge in [-0.05, 0) is 31.4 Å². The van der Waals surface area contributed by atoms with E-state index in [0.29, 0.717) is 44.0 Å². The zero-order valence-electron chi connectivity index (χ0n) is 17.9. The molecule has 2 fully saturated rings. The molecular formula is C20H33N11. The summed E-state index contributed by atoms with van der Waals surface area (Å²) in [5.41, 5.74) is 33.1. The number of rotatable bonds is 5. The van der Waals surface area contributed by atoms with E-state index < -0.39 is 0 Å². The molecule has 0 radical (unpaired) electrons. The van der Waals surface area contributed by atoms with Crippen LogP contribution in [0.5, 0.6) is 0 Å². The summed E-state index contributed by atoms with van der Waals surface area (Å²) in [6.07, 6.45) is 1.56. The van der Waals surface area contributed by atoms with Crippen LogP contribution in [0.25, 0.3) is 0 Å².